The summed E-state index contributed by atoms with van der Waals surface area (Å²) in [7, 11) is 0. The summed E-state index contributed by atoms with van der Waals surface area (Å²) in [5, 5.41) is 9.50. The van der Waals surface area contributed by atoms with Crippen LogP contribution in [0.3, 0.4) is 0 Å². The van der Waals surface area contributed by atoms with E-state index in [4.69, 9.17) is 0 Å². The summed E-state index contributed by atoms with van der Waals surface area (Å²) >= 11 is 0. The highest BCUT2D eigenvalue weighted by molar-refractivity contribution is 5.26. The number of hydrogen-bond donors (Lipinski definition) is 1. The van der Waals surface area contributed by atoms with Crippen molar-refractivity contribution >= 4 is 0 Å². The van der Waals surface area contributed by atoms with E-state index in [1.807, 2.05) is 12.1 Å². The number of hydrogen-bond acceptors (Lipinski definition) is 1. The molecule has 0 amide bonds. The van der Waals surface area contributed by atoms with Crippen LogP contribution in [0.2, 0.25) is 0 Å². The third-order valence-corrected chi connectivity index (χ3v) is 6.24. The van der Waals surface area contributed by atoms with Crippen molar-refractivity contribution in [2.24, 2.45) is 22.7 Å². The van der Waals surface area contributed by atoms with Crippen molar-refractivity contribution in [2.75, 3.05) is 0 Å². The van der Waals surface area contributed by atoms with Gasteiger partial charge in [-0.3, -0.25) is 0 Å². The molecule has 2 atom stereocenters. The summed E-state index contributed by atoms with van der Waals surface area (Å²) in [4.78, 5) is 0. The van der Waals surface area contributed by atoms with E-state index in [2.05, 4.69) is 60.6 Å². The Morgan fingerprint density at radius 3 is 1.75 bits per heavy atom. The SMILES string of the molecule is CC(Cc1ccc(O)cc1)C(CCCCCCCCCC(C)(C)C)C(C)(C)C. The predicted molar refractivity (Wildman–Crippen MR) is 125 cm³/mol. The minimum atomic E-state index is 0.350. The van der Waals surface area contributed by atoms with Gasteiger partial charge in [0.1, 0.15) is 5.75 Å². The van der Waals surface area contributed by atoms with Crippen LogP contribution in [0.1, 0.15) is 112 Å². The van der Waals surface area contributed by atoms with Crippen molar-refractivity contribution in [3.05, 3.63) is 29.8 Å². The van der Waals surface area contributed by atoms with Crippen molar-refractivity contribution < 1.29 is 5.11 Å². The van der Waals surface area contributed by atoms with E-state index in [-0.39, 0.29) is 0 Å². The summed E-state index contributed by atoms with van der Waals surface area (Å²) in [6.07, 6.45) is 13.6. The average molecular weight is 389 g/mol. The van der Waals surface area contributed by atoms with E-state index >= 15 is 0 Å². The van der Waals surface area contributed by atoms with Crippen molar-refractivity contribution in [3.8, 4) is 5.75 Å². The molecule has 1 aromatic rings. The highest BCUT2D eigenvalue weighted by Crippen LogP contribution is 2.38. The molecule has 0 aliphatic heterocycles. The second kappa shape index (κ2) is 11.9. The summed E-state index contributed by atoms with van der Waals surface area (Å²) in [5.74, 6) is 1.78. The Morgan fingerprint density at radius 1 is 0.750 bits per heavy atom. The second-order valence-electron chi connectivity index (χ2n) is 11.4. The maximum atomic E-state index is 9.50. The molecule has 0 saturated heterocycles. The van der Waals surface area contributed by atoms with E-state index in [1.165, 1.54) is 63.4 Å². The van der Waals surface area contributed by atoms with Gasteiger partial charge in [-0.05, 0) is 59.6 Å². The fourth-order valence-corrected chi connectivity index (χ4v) is 4.62. The third-order valence-electron chi connectivity index (χ3n) is 6.24. The Morgan fingerprint density at radius 2 is 1.25 bits per heavy atom. The summed E-state index contributed by atoms with van der Waals surface area (Å²) in [6.45, 7) is 16.7. The largest absolute Gasteiger partial charge is 0.508 e. The van der Waals surface area contributed by atoms with Crippen molar-refractivity contribution in [2.45, 2.75) is 113 Å². The maximum Gasteiger partial charge on any atom is 0.115 e. The molecule has 0 heterocycles. The molecule has 28 heavy (non-hydrogen) atoms. The molecule has 0 aliphatic rings. The van der Waals surface area contributed by atoms with Gasteiger partial charge in [-0.15, -0.1) is 0 Å². The van der Waals surface area contributed by atoms with Crippen LogP contribution in [0, 0.1) is 22.7 Å². The lowest BCUT2D eigenvalue weighted by Crippen LogP contribution is -2.28. The molecule has 0 aliphatic carbocycles. The molecule has 1 aromatic carbocycles. The first-order valence-corrected chi connectivity index (χ1v) is 11.8. The molecule has 162 valence electrons. The van der Waals surface area contributed by atoms with Gasteiger partial charge >= 0.3 is 0 Å². The highest BCUT2D eigenvalue weighted by atomic mass is 16.3. The lowest BCUT2D eigenvalue weighted by atomic mass is 9.69. The van der Waals surface area contributed by atoms with Gasteiger partial charge < -0.3 is 5.11 Å². The standard InChI is InChI=1S/C27H48O/c1-22(21-23-16-18-24(28)19-17-23)25(27(5,6)7)15-13-11-9-8-10-12-14-20-26(2,3)4/h16-19,22,25,28H,8-15,20-21H2,1-7H3. The van der Waals surface area contributed by atoms with Gasteiger partial charge in [-0.2, -0.15) is 0 Å². The fraction of sp³-hybridized carbons (Fsp3) is 0.778. The minimum Gasteiger partial charge on any atom is -0.508 e. The van der Waals surface area contributed by atoms with Crippen LogP contribution < -0.4 is 0 Å². The molecule has 1 nitrogen and oxygen atoms in total. The molecular weight excluding hydrogens is 340 g/mol. The molecule has 1 N–H and O–H groups in total. The molecular formula is C27H48O. The van der Waals surface area contributed by atoms with Crippen LogP contribution in [0.15, 0.2) is 24.3 Å². The number of benzene rings is 1. The molecule has 2 unspecified atom stereocenters. The summed E-state index contributed by atoms with van der Waals surface area (Å²) in [5.41, 5.74) is 2.19. The van der Waals surface area contributed by atoms with Gasteiger partial charge in [0.25, 0.3) is 0 Å². The second-order valence-corrected chi connectivity index (χ2v) is 11.4. The first-order chi connectivity index (χ1) is 13.0. The zero-order valence-corrected chi connectivity index (χ0v) is 20.0. The molecule has 0 aromatic heterocycles. The first kappa shape index (κ1) is 25.1. The Kier molecular flexibility index (Phi) is 10.6. The normalized spacial score (nSPS) is 14.8. The lowest BCUT2D eigenvalue weighted by molar-refractivity contribution is 0.151. The van der Waals surface area contributed by atoms with E-state index in [0.717, 1.165) is 12.3 Å². The summed E-state index contributed by atoms with van der Waals surface area (Å²) in [6, 6.07) is 7.78. The van der Waals surface area contributed by atoms with E-state index in [9.17, 15) is 5.11 Å². The summed E-state index contributed by atoms with van der Waals surface area (Å²) < 4.78 is 0. The number of rotatable bonds is 12. The first-order valence-electron chi connectivity index (χ1n) is 11.8. The van der Waals surface area contributed by atoms with Crippen LogP contribution >= 0.6 is 0 Å². The quantitative estimate of drug-likeness (QED) is 0.355. The molecule has 0 spiro atoms. The Balaban J connectivity index is 2.29. The van der Waals surface area contributed by atoms with Crippen LogP contribution in [0.5, 0.6) is 5.75 Å². The van der Waals surface area contributed by atoms with E-state index < -0.39 is 0 Å². The van der Waals surface area contributed by atoms with Crippen LogP contribution in [0.4, 0.5) is 0 Å². The highest BCUT2D eigenvalue weighted by Gasteiger charge is 2.29. The number of unbranched alkanes of at least 4 members (excludes halogenated alkanes) is 6. The van der Waals surface area contributed by atoms with Gasteiger partial charge in [0.05, 0.1) is 0 Å². The molecule has 1 heteroatoms. The smallest absolute Gasteiger partial charge is 0.115 e. The lowest BCUT2D eigenvalue weighted by Gasteiger charge is -2.36. The van der Waals surface area contributed by atoms with Gasteiger partial charge in [0.15, 0.2) is 0 Å². The van der Waals surface area contributed by atoms with Crippen molar-refractivity contribution in [1.82, 2.24) is 0 Å². The Labute approximate surface area is 176 Å². The molecule has 0 fully saturated rings. The zero-order chi connectivity index (χ0) is 21.2. The topological polar surface area (TPSA) is 20.2 Å². The van der Waals surface area contributed by atoms with Gasteiger partial charge in [0.2, 0.25) is 0 Å². The average Bonchev–Trinajstić information content (AvgIpc) is 2.56. The van der Waals surface area contributed by atoms with E-state index in [0.29, 0.717) is 22.5 Å². The maximum absolute atomic E-state index is 9.50. The number of aromatic hydroxyl groups is 1. The van der Waals surface area contributed by atoms with Crippen LogP contribution in [-0.4, -0.2) is 5.11 Å². The van der Waals surface area contributed by atoms with Gasteiger partial charge in [0, 0.05) is 0 Å². The number of phenols is 1. The molecule has 0 saturated carbocycles. The van der Waals surface area contributed by atoms with Crippen molar-refractivity contribution in [1.29, 1.82) is 0 Å². The monoisotopic (exact) mass is 388 g/mol. The third kappa shape index (κ3) is 11.1. The van der Waals surface area contributed by atoms with Crippen LogP contribution in [-0.2, 0) is 6.42 Å². The van der Waals surface area contributed by atoms with Gasteiger partial charge in [-0.1, -0.05) is 106 Å². The van der Waals surface area contributed by atoms with Gasteiger partial charge in [-0.25, -0.2) is 0 Å². The molecule has 1 rings (SSSR count). The fourth-order valence-electron chi connectivity index (χ4n) is 4.62. The zero-order valence-electron chi connectivity index (χ0n) is 20.0. The van der Waals surface area contributed by atoms with Crippen molar-refractivity contribution in [3.63, 3.8) is 0 Å². The molecule has 0 bridgehead atoms. The predicted octanol–water partition coefficient (Wildman–Crippen LogP) is 8.79. The van der Waals surface area contributed by atoms with E-state index in [1.54, 1.807) is 0 Å². The Hall–Kier alpha value is -0.980. The van der Waals surface area contributed by atoms with Crippen LogP contribution in [0.25, 0.3) is 0 Å². The minimum absolute atomic E-state index is 0.350. The molecule has 0 radical (unpaired) electrons. The Bertz CT molecular complexity index is 515. The number of phenolic OH excluding ortho intramolecular Hbond substituents is 1.